The second kappa shape index (κ2) is 14.1. The standard InChI is InChI=1S/C19H32N4O4S.HI/c1-16-6-8-18(9-7-16)28(24,25)23-12-11-22-19(20-2)21-10-4-13-26-15-17-5-3-14-27-17;/h6-9,17,23H,3-5,10-15H2,1-2H3,(H2,20,21,22);1H. The predicted molar refractivity (Wildman–Crippen MR) is 126 cm³/mol. The molecular formula is C19H33IN4O4S. The summed E-state index contributed by atoms with van der Waals surface area (Å²) >= 11 is 0. The van der Waals surface area contributed by atoms with E-state index >= 15 is 0 Å². The number of hydrogen-bond donors (Lipinski definition) is 3. The van der Waals surface area contributed by atoms with Gasteiger partial charge in [-0.15, -0.1) is 24.0 Å². The van der Waals surface area contributed by atoms with Gasteiger partial charge in [-0.05, 0) is 38.3 Å². The van der Waals surface area contributed by atoms with E-state index in [-0.39, 0.29) is 41.5 Å². The molecule has 1 unspecified atom stereocenters. The number of hydrogen-bond acceptors (Lipinski definition) is 5. The molecular weight excluding hydrogens is 507 g/mol. The number of benzene rings is 1. The summed E-state index contributed by atoms with van der Waals surface area (Å²) in [4.78, 5) is 4.39. The van der Waals surface area contributed by atoms with E-state index in [2.05, 4.69) is 20.3 Å². The average Bonchev–Trinajstić information content (AvgIpc) is 3.20. The van der Waals surface area contributed by atoms with Gasteiger partial charge in [-0.3, -0.25) is 4.99 Å². The molecule has 0 aliphatic carbocycles. The lowest BCUT2D eigenvalue weighted by atomic mass is 10.2. The van der Waals surface area contributed by atoms with Gasteiger partial charge in [0.25, 0.3) is 0 Å². The SMILES string of the molecule is CN=C(NCCCOCC1CCCO1)NCCNS(=O)(=O)c1ccc(C)cc1.I. The third-order valence-electron chi connectivity index (χ3n) is 4.35. The van der Waals surface area contributed by atoms with Gasteiger partial charge in [0.2, 0.25) is 10.0 Å². The number of aliphatic imine (C=N–C) groups is 1. The van der Waals surface area contributed by atoms with Crippen molar-refractivity contribution in [2.45, 2.75) is 37.2 Å². The molecule has 1 aliphatic heterocycles. The minimum absolute atomic E-state index is 0. The fourth-order valence-electron chi connectivity index (χ4n) is 2.76. The monoisotopic (exact) mass is 540 g/mol. The number of nitrogens with zero attached hydrogens (tertiary/aromatic N) is 1. The molecule has 0 spiro atoms. The number of aryl methyl sites for hydroxylation is 1. The van der Waals surface area contributed by atoms with Crippen LogP contribution in [0.1, 0.15) is 24.8 Å². The molecule has 29 heavy (non-hydrogen) atoms. The van der Waals surface area contributed by atoms with Crippen molar-refractivity contribution in [1.82, 2.24) is 15.4 Å². The first-order chi connectivity index (χ1) is 13.5. The van der Waals surface area contributed by atoms with Crippen LogP contribution in [0.2, 0.25) is 0 Å². The molecule has 2 rings (SSSR count). The highest BCUT2D eigenvalue weighted by Crippen LogP contribution is 2.12. The van der Waals surface area contributed by atoms with Crippen LogP contribution in [-0.4, -0.2) is 67.0 Å². The van der Waals surface area contributed by atoms with Crippen molar-refractivity contribution in [3.63, 3.8) is 0 Å². The fourth-order valence-corrected chi connectivity index (χ4v) is 3.79. The van der Waals surface area contributed by atoms with Crippen molar-refractivity contribution >= 4 is 40.0 Å². The minimum Gasteiger partial charge on any atom is -0.379 e. The molecule has 1 aliphatic rings. The maximum Gasteiger partial charge on any atom is 0.240 e. The Morgan fingerprint density at radius 3 is 2.59 bits per heavy atom. The van der Waals surface area contributed by atoms with E-state index in [0.29, 0.717) is 25.7 Å². The van der Waals surface area contributed by atoms with Gasteiger partial charge >= 0.3 is 0 Å². The Kier molecular flexibility index (Phi) is 12.7. The summed E-state index contributed by atoms with van der Waals surface area (Å²) in [6.45, 7) is 5.51. The lowest BCUT2D eigenvalue weighted by Crippen LogP contribution is -2.42. The molecule has 3 N–H and O–H groups in total. The number of nitrogens with one attached hydrogen (secondary N) is 3. The predicted octanol–water partition coefficient (Wildman–Crippen LogP) is 1.64. The Hall–Kier alpha value is -0.950. The number of rotatable bonds is 11. The summed E-state index contributed by atoms with van der Waals surface area (Å²) in [6.07, 6.45) is 3.32. The van der Waals surface area contributed by atoms with E-state index in [1.54, 1.807) is 31.3 Å². The molecule has 0 bridgehead atoms. The molecule has 0 aromatic heterocycles. The van der Waals surface area contributed by atoms with Crippen LogP contribution in [0.5, 0.6) is 0 Å². The van der Waals surface area contributed by atoms with Gasteiger partial charge in [0, 0.05) is 39.9 Å². The van der Waals surface area contributed by atoms with Crippen molar-refractivity contribution < 1.29 is 17.9 Å². The second-order valence-electron chi connectivity index (χ2n) is 6.70. The zero-order valence-electron chi connectivity index (χ0n) is 17.1. The number of guanidine groups is 1. The van der Waals surface area contributed by atoms with Gasteiger partial charge in [0.15, 0.2) is 5.96 Å². The minimum atomic E-state index is -3.49. The first-order valence-electron chi connectivity index (χ1n) is 9.71. The van der Waals surface area contributed by atoms with Gasteiger partial charge < -0.3 is 20.1 Å². The van der Waals surface area contributed by atoms with Crippen LogP contribution in [0.3, 0.4) is 0 Å². The van der Waals surface area contributed by atoms with E-state index in [1.165, 1.54) is 0 Å². The first kappa shape index (κ1) is 26.1. The highest BCUT2D eigenvalue weighted by Gasteiger charge is 2.15. The molecule has 0 radical (unpaired) electrons. The molecule has 8 nitrogen and oxygen atoms in total. The van der Waals surface area contributed by atoms with Crippen molar-refractivity contribution in [3.8, 4) is 0 Å². The summed E-state index contributed by atoms with van der Waals surface area (Å²) < 4.78 is 38.1. The molecule has 10 heteroatoms. The number of sulfonamides is 1. The van der Waals surface area contributed by atoms with Crippen LogP contribution in [-0.2, 0) is 19.5 Å². The molecule has 1 atom stereocenters. The summed E-state index contributed by atoms with van der Waals surface area (Å²) in [5.41, 5.74) is 1.02. The fraction of sp³-hybridized carbons (Fsp3) is 0.632. The van der Waals surface area contributed by atoms with E-state index < -0.39 is 10.0 Å². The Labute approximate surface area is 191 Å². The maximum absolute atomic E-state index is 12.2. The highest BCUT2D eigenvalue weighted by atomic mass is 127. The Balaban J connectivity index is 0.00000420. The summed E-state index contributed by atoms with van der Waals surface area (Å²) in [5, 5.41) is 6.27. The van der Waals surface area contributed by atoms with Crippen LogP contribution in [0.15, 0.2) is 34.2 Å². The average molecular weight is 540 g/mol. The lowest BCUT2D eigenvalue weighted by molar-refractivity contribution is 0.0168. The Morgan fingerprint density at radius 2 is 1.93 bits per heavy atom. The van der Waals surface area contributed by atoms with Crippen LogP contribution in [0, 0.1) is 6.92 Å². The molecule has 166 valence electrons. The van der Waals surface area contributed by atoms with E-state index in [9.17, 15) is 8.42 Å². The third kappa shape index (κ3) is 10.1. The van der Waals surface area contributed by atoms with Gasteiger partial charge in [-0.1, -0.05) is 17.7 Å². The van der Waals surface area contributed by atoms with Crippen LogP contribution in [0.4, 0.5) is 0 Å². The normalized spacial score (nSPS) is 17.0. The van der Waals surface area contributed by atoms with E-state index in [0.717, 1.165) is 38.0 Å². The van der Waals surface area contributed by atoms with Gasteiger partial charge in [-0.25, -0.2) is 13.1 Å². The van der Waals surface area contributed by atoms with Crippen molar-refractivity contribution in [2.24, 2.45) is 4.99 Å². The molecule has 1 aromatic rings. The summed E-state index contributed by atoms with van der Waals surface area (Å²) in [6, 6.07) is 6.77. The smallest absolute Gasteiger partial charge is 0.240 e. The van der Waals surface area contributed by atoms with Crippen molar-refractivity contribution in [2.75, 3.05) is 46.5 Å². The number of halogens is 1. The Bertz CT molecular complexity index is 707. The maximum atomic E-state index is 12.2. The quantitative estimate of drug-likeness (QED) is 0.171. The molecule has 1 saturated heterocycles. The van der Waals surface area contributed by atoms with Gasteiger partial charge in [0.1, 0.15) is 0 Å². The molecule has 1 heterocycles. The Morgan fingerprint density at radius 1 is 1.21 bits per heavy atom. The van der Waals surface area contributed by atoms with Crippen LogP contribution >= 0.6 is 24.0 Å². The lowest BCUT2D eigenvalue weighted by Gasteiger charge is -2.13. The summed E-state index contributed by atoms with van der Waals surface area (Å²) in [7, 11) is -1.81. The van der Waals surface area contributed by atoms with E-state index in [1.807, 2.05) is 6.92 Å². The summed E-state index contributed by atoms with van der Waals surface area (Å²) in [5.74, 6) is 0.633. The largest absolute Gasteiger partial charge is 0.379 e. The molecule has 0 amide bonds. The zero-order chi connectivity index (χ0) is 20.2. The molecule has 1 fully saturated rings. The topological polar surface area (TPSA) is 101 Å². The zero-order valence-corrected chi connectivity index (χ0v) is 20.3. The third-order valence-corrected chi connectivity index (χ3v) is 5.83. The van der Waals surface area contributed by atoms with E-state index in [4.69, 9.17) is 9.47 Å². The molecule has 1 aromatic carbocycles. The van der Waals surface area contributed by atoms with Crippen molar-refractivity contribution in [1.29, 1.82) is 0 Å². The first-order valence-corrected chi connectivity index (χ1v) is 11.2. The van der Waals surface area contributed by atoms with Crippen LogP contribution in [0.25, 0.3) is 0 Å². The second-order valence-corrected chi connectivity index (χ2v) is 8.47. The van der Waals surface area contributed by atoms with Gasteiger partial charge in [-0.2, -0.15) is 0 Å². The van der Waals surface area contributed by atoms with Gasteiger partial charge in [0.05, 0.1) is 17.6 Å². The van der Waals surface area contributed by atoms with Crippen molar-refractivity contribution in [3.05, 3.63) is 29.8 Å². The molecule has 0 saturated carbocycles. The highest BCUT2D eigenvalue weighted by molar-refractivity contribution is 14.0. The van der Waals surface area contributed by atoms with Crippen LogP contribution < -0.4 is 15.4 Å². The number of ether oxygens (including phenoxy) is 2.